The van der Waals surface area contributed by atoms with Crippen LogP contribution in [0.25, 0.3) is 4.96 Å². The molecule has 1 aliphatic rings. The fourth-order valence-electron chi connectivity index (χ4n) is 3.22. The molecule has 3 aromatic heterocycles. The number of morpholine rings is 1. The molecule has 8 heteroatoms. The van der Waals surface area contributed by atoms with Crippen molar-refractivity contribution in [1.82, 2.24) is 19.5 Å². The second-order valence-electron chi connectivity index (χ2n) is 5.87. The molecule has 1 fully saturated rings. The summed E-state index contributed by atoms with van der Waals surface area (Å²) in [4.78, 5) is 7.91. The van der Waals surface area contributed by atoms with Gasteiger partial charge >= 0.3 is 0 Å². The maximum Gasteiger partial charge on any atom is 0.230 e. The van der Waals surface area contributed by atoms with Crippen LogP contribution in [0.3, 0.4) is 0 Å². The van der Waals surface area contributed by atoms with Crippen molar-refractivity contribution in [2.24, 2.45) is 0 Å². The van der Waals surface area contributed by atoms with E-state index >= 15 is 0 Å². The Labute approximate surface area is 137 Å². The average Bonchev–Trinajstić information content (AvgIpc) is 3.20. The molecular weight excluding hydrogens is 316 g/mol. The normalized spacial score (nSPS) is 24.3. The van der Waals surface area contributed by atoms with Gasteiger partial charge in [0.05, 0.1) is 23.3 Å². The summed E-state index contributed by atoms with van der Waals surface area (Å²) in [5.41, 5.74) is 0. The lowest BCUT2D eigenvalue weighted by Crippen LogP contribution is -2.47. The van der Waals surface area contributed by atoms with Gasteiger partial charge in [0.15, 0.2) is 0 Å². The minimum atomic E-state index is -0.174. The topological polar surface area (TPSA) is 76.0 Å². The number of hydrogen-bond donors (Lipinski definition) is 1. The average molecular weight is 334 g/mol. The minimum absolute atomic E-state index is 0.121. The molecule has 0 amide bonds. The number of nitrogens with zero attached hydrogens (tertiary/aromatic N) is 4. The highest BCUT2D eigenvalue weighted by Gasteiger charge is 2.35. The van der Waals surface area contributed by atoms with E-state index in [2.05, 4.69) is 28.8 Å². The molecule has 0 bridgehead atoms. The second kappa shape index (κ2) is 5.63. The molecule has 1 saturated heterocycles. The Kier molecular flexibility index (Phi) is 3.59. The van der Waals surface area contributed by atoms with Crippen LogP contribution in [0.1, 0.15) is 30.5 Å². The maximum absolute atomic E-state index is 10.6. The Hall–Kier alpha value is -1.90. The quantitative estimate of drug-likeness (QED) is 0.792. The van der Waals surface area contributed by atoms with Crippen molar-refractivity contribution < 1.29 is 14.3 Å². The van der Waals surface area contributed by atoms with Crippen LogP contribution in [-0.2, 0) is 4.74 Å². The molecule has 23 heavy (non-hydrogen) atoms. The molecule has 0 unspecified atom stereocenters. The first kappa shape index (κ1) is 14.7. The Morgan fingerprint density at radius 3 is 2.78 bits per heavy atom. The number of fused-ring (bicyclic) bond motifs is 1. The lowest BCUT2D eigenvalue weighted by Gasteiger charge is -2.39. The van der Waals surface area contributed by atoms with E-state index in [0.29, 0.717) is 4.96 Å². The zero-order chi connectivity index (χ0) is 16.0. The number of rotatable bonds is 3. The molecule has 3 atom stereocenters. The summed E-state index contributed by atoms with van der Waals surface area (Å²) >= 11 is 1.43. The molecule has 0 aromatic carbocycles. The van der Waals surface area contributed by atoms with E-state index in [-0.39, 0.29) is 24.1 Å². The van der Waals surface area contributed by atoms with E-state index in [1.807, 2.05) is 12.1 Å². The Morgan fingerprint density at radius 1 is 1.35 bits per heavy atom. The van der Waals surface area contributed by atoms with E-state index < -0.39 is 0 Å². The summed E-state index contributed by atoms with van der Waals surface area (Å²) in [5, 5.41) is 14.7. The van der Waals surface area contributed by atoms with Gasteiger partial charge in [0.2, 0.25) is 10.8 Å². The van der Waals surface area contributed by atoms with Crippen molar-refractivity contribution in [3.8, 4) is 5.88 Å². The van der Waals surface area contributed by atoms with Gasteiger partial charge in [-0.3, -0.25) is 4.90 Å². The van der Waals surface area contributed by atoms with Gasteiger partial charge in [-0.2, -0.15) is 9.61 Å². The van der Waals surface area contributed by atoms with E-state index in [9.17, 15) is 5.11 Å². The fraction of sp³-hybridized carbons (Fsp3) is 0.467. The number of hydrogen-bond acceptors (Lipinski definition) is 7. The maximum atomic E-state index is 10.6. The van der Waals surface area contributed by atoms with Gasteiger partial charge in [0, 0.05) is 13.1 Å². The van der Waals surface area contributed by atoms with E-state index in [4.69, 9.17) is 9.15 Å². The van der Waals surface area contributed by atoms with Crippen molar-refractivity contribution in [2.75, 3.05) is 13.1 Å². The van der Waals surface area contributed by atoms with Crippen LogP contribution in [0.4, 0.5) is 0 Å². The molecule has 0 spiro atoms. The van der Waals surface area contributed by atoms with Gasteiger partial charge in [-0.15, -0.1) is 0 Å². The molecule has 4 rings (SSSR count). The van der Waals surface area contributed by atoms with Crippen molar-refractivity contribution in [2.45, 2.75) is 32.1 Å². The third-order valence-electron chi connectivity index (χ3n) is 4.01. The Morgan fingerprint density at radius 2 is 2.13 bits per heavy atom. The first-order valence-corrected chi connectivity index (χ1v) is 8.39. The highest BCUT2D eigenvalue weighted by Crippen LogP contribution is 2.40. The van der Waals surface area contributed by atoms with Crippen LogP contribution >= 0.6 is 11.3 Å². The predicted octanol–water partition coefficient (Wildman–Crippen LogP) is 2.29. The van der Waals surface area contributed by atoms with Gasteiger partial charge in [-0.25, -0.2) is 4.98 Å². The van der Waals surface area contributed by atoms with Gasteiger partial charge in [0.25, 0.3) is 0 Å². The summed E-state index contributed by atoms with van der Waals surface area (Å²) in [6.45, 7) is 5.65. The van der Waals surface area contributed by atoms with Gasteiger partial charge in [-0.05, 0) is 26.0 Å². The minimum Gasteiger partial charge on any atom is -0.492 e. The molecular formula is C15H18N4O3S. The Bertz CT molecular complexity index is 787. The summed E-state index contributed by atoms with van der Waals surface area (Å²) in [6.07, 6.45) is 3.35. The van der Waals surface area contributed by atoms with E-state index in [1.54, 1.807) is 6.26 Å². The number of furan rings is 1. The smallest absolute Gasteiger partial charge is 0.230 e. The lowest BCUT2D eigenvalue weighted by atomic mass is 10.1. The van der Waals surface area contributed by atoms with Crippen LogP contribution in [0.2, 0.25) is 0 Å². The van der Waals surface area contributed by atoms with Gasteiger partial charge < -0.3 is 14.3 Å². The highest BCUT2D eigenvalue weighted by molar-refractivity contribution is 7.17. The van der Waals surface area contributed by atoms with Gasteiger partial charge in [-0.1, -0.05) is 11.3 Å². The van der Waals surface area contributed by atoms with Gasteiger partial charge in [0.1, 0.15) is 18.1 Å². The van der Waals surface area contributed by atoms with Crippen molar-refractivity contribution in [3.63, 3.8) is 0 Å². The molecule has 4 heterocycles. The molecule has 0 aliphatic carbocycles. The third-order valence-corrected chi connectivity index (χ3v) is 5.10. The van der Waals surface area contributed by atoms with Crippen molar-refractivity contribution in [3.05, 3.63) is 35.4 Å². The first-order chi connectivity index (χ1) is 11.1. The van der Waals surface area contributed by atoms with Crippen LogP contribution in [0, 0.1) is 0 Å². The molecule has 3 aromatic rings. The van der Waals surface area contributed by atoms with Crippen molar-refractivity contribution >= 4 is 16.3 Å². The monoisotopic (exact) mass is 334 g/mol. The predicted molar refractivity (Wildman–Crippen MR) is 84.7 cm³/mol. The number of aromatic hydroxyl groups is 1. The van der Waals surface area contributed by atoms with Crippen LogP contribution in [0.15, 0.2) is 29.1 Å². The van der Waals surface area contributed by atoms with Crippen LogP contribution in [-0.4, -0.2) is 49.9 Å². The van der Waals surface area contributed by atoms with Crippen LogP contribution in [0.5, 0.6) is 5.88 Å². The first-order valence-electron chi connectivity index (χ1n) is 7.57. The Balaban J connectivity index is 1.79. The largest absolute Gasteiger partial charge is 0.492 e. The second-order valence-corrected chi connectivity index (χ2v) is 6.88. The standard InChI is InChI=1S/C15H18N4O3S/c1-9-6-18(7-10(2)22-9)12(11-4-3-5-21-11)13-14(20)19-15(23-13)16-8-17-19/h3-5,8-10,12,20H,6-7H2,1-2H3/t9-,10+,12-/m1/s1. The van der Waals surface area contributed by atoms with E-state index in [0.717, 1.165) is 23.7 Å². The zero-order valence-electron chi connectivity index (χ0n) is 12.9. The fourth-order valence-corrected chi connectivity index (χ4v) is 4.29. The number of aromatic nitrogens is 3. The van der Waals surface area contributed by atoms with E-state index in [1.165, 1.54) is 22.2 Å². The molecule has 0 radical (unpaired) electrons. The molecule has 1 N–H and O–H groups in total. The SMILES string of the molecule is C[C@@H]1CN([C@H](c2ccco2)c2sc3ncnn3c2O)C[C@H](C)O1. The molecule has 7 nitrogen and oxygen atoms in total. The summed E-state index contributed by atoms with van der Waals surface area (Å²) in [7, 11) is 0. The van der Waals surface area contributed by atoms with Crippen molar-refractivity contribution in [1.29, 1.82) is 0 Å². The lowest BCUT2D eigenvalue weighted by molar-refractivity contribution is -0.0781. The molecule has 122 valence electrons. The summed E-state index contributed by atoms with van der Waals surface area (Å²) < 4.78 is 13.0. The number of ether oxygens (including phenoxy) is 1. The highest BCUT2D eigenvalue weighted by atomic mass is 32.1. The summed E-state index contributed by atoms with van der Waals surface area (Å²) in [5.74, 6) is 0.918. The third kappa shape index (κ3) is 2.52. The number of thiazole rings is 1. The molecule has 0 saturated carbocycles. The molecule has 1 aliphatic heterocycles. The van der Waals surface area contributed by atoms with Crippen LogP contribution < -0.4 is 0 Å². The zero-order valence-corrected chi connectivity index (χ0v) is 13.7. The summed E-state index contributed by atoms with van der Waals surface area (Å²) in [6, 6.07) is 3.63.